The number of fused-ring (bicyclic) bond motifs is 2. The monoisotopic (exact) mass is 429 g/mol. The minimum Gasteiger partial charge on any atom is -0.454 e. The zero-order valence-corrected chi connectivity index (χ0v) is 18.1. The second kappa shape index (κ2) is 9.02. The van der Waals surface area contributed by atoms with Gasteiger partial charge in [-0.1, -0.05) is 48.5 Å². The summed E-state index contributed by atoms with van der Waals surface area (Å²) in [6, 6.07) is 24.7. The van der Waals surface area contributed by atoms with Crippen LogP contribution in [0.2, 0.25) is 0 Å². The Bertz CT molecular complexity index is 1200. The third-order valence-electron chi connectivity index (χ3n) is 5.65. The van der Waals surface area contributed by atoms with Gasteiger partial charge in [-0.25, -0.2) is 4.98 Å². The fourth-order valence-corrected chi connectivity index (χ4v) is 4.24. The van der Waals surface area contributed by atoms with Gasteiger partial charge in [-0.15, -0.1) is 0 Å². The number of hydrogen-bond acceptors (Lipinski definition) is 5. The Hall–Kier alpha value is -3.35. The quantitative estimate of drug-likeness (QED) is 0.455. The van der Waals surface area contributed by atoms with E-state index in [0.717, 1.165) is 40.5 Å². The first kappa shape index (κ1) is 20.5. The first-order valence-corrected chi connectivity index (χ1v) is 10.9. The first-order chi connectivity index (χ1) is 15.7. The highest BCUT2D eigenvalue weighted by molar-refractivity contribution is 5.76. The number of hydrogen-bond donors (Lipinski definition) is 1. The topological polar surface area (TPSA) is 59.8 Å². The van der Waals surface area contributed by atoms with E-state index >= 15 is 0 Å². The molecule has 0 amide bonds. The zero-order valence-electron chi connectivity index (χ0n) is 18.1. The average Bonchev–Trinajstić information content (AvgIpc) is 3.38. The molecule has 6 nitrogen and oxygen atoms in total. The molecule has 1 atom stereocenters. The summed E-state index contributed by atoms with van der Waals surface area (Å²) < 4.78 is 13.3. The van der Waals surface area contributed by atoms with Crippen molar-refractivity contribution >= 4 is 11.0 Å². The lowest BCUT2D eigenvalue weighted by Gasteiger charge is -2.24. The normalized spacial score (nSPS) is 13.7. The van der Waals surface area contributed by atoms with Crippen LogP contribution in [0.25, 0.3) is 11.0 Å². The Morgan fingerprint density at radius 3 is 2.56 bits per heavy atom. The standard InChI is InChI=1S/C26H27N3O3/c1-19(30)14-28(15-21-11-12-24-25(13-21)32-18-31-24)17-26-27-22-9-5-6-10-23(22)29(26)16-20-7-3-2-4-8-20/h2-13,19,30H,14-18H2,1H3. The molecule has 0 radical (unpaired) electrons. The highest BCUT2D eigenvalue weighted by Gasteiger charge is 2.19. The fourth-order valence-electron chi connectivity index (χ4n) is 4.24. The molecule has 0 spiro atoms. The smallest absolute Gasteiger partial charge is 0.231 e. The van der Waals surface area contributed by atoms with Gasteiger partial charge in [-0.05, 0) is 42.3 Å². The van der Waals surface area contributed by atoms with Gasteiger partial charge in [0.25, 0.3) is 0 Å². The van der Waals surface area contributed by atoms with E-state index < -0.39 is 6.10 Å². The Morgan fingerprint density at radius 1 is 0.938 bits per heavy atom. The van der Waals surface area contributed by atoms with Crippen molar-refractivity contribution in [3.63, 3.8) is 0 Å². The zero-order chi connectivity index (χ0) is 21.9. The van der Waals surface area contributed by atoms with E-state index in [2.05, 4.69) is 58.0 Å². The molecule has 1 N–H and O–H groups in total. The number of aliphatic hydroxyl groups is 1. The number of benzene rings is 3. The number of ether oxygens (including phenoxy) is 2. The lowest BCUT2D eigenvalue weighted by molar-refractivity contribution is 0.116. The molecule has 0 aliphatic carbocycles. The number of para-hydroxylation sites is 2. The van der Waals surface area contributed by atoms with Crippen LogP contribution >= 0.6 is 0 Å². The predicted molar refractivity (Wildman–Crippen MR) is 124 cm³/mol. The van der Waals surface area contributed by atoms with Gasteiger partial charge in [0.2, 0.25) is 6.79 Å². The van der Waals surface area contributed by atoms with Gasteiger partial charge in [-0.2, -0.15) is 0 Å². The maximum absolute atomic E-state index is 10.2. The van der Waals surface area contributed by atoms with E-state index in [4.69, 9.17) is 14.5 Å². The highest BCUT2D eigenvalue weighted by Crippen LogP contribution is 2.33. The van der Waals surface area contributed by atoms with Crippen LogP contribution in [-0.4, -0.2) is 39.0 Å². The summed E-state index contributed by atoms with van der Waals surface area (Å²) in [4.78, 5) is 7.18. The molecule has 32 heavy (non-hydrogen) atoms. The molecule has 1 aromatic heterocycles. The molecular weight excluding hydrogens is 402 g/mol. The first-order valence-electron chi connectivity index (χ1n) is 10.9. The molecular formula is C26H27N3O3. The van der Waals surface area contributed by atoms with E-state index in [-0.39, 0.29) is 6.79 Å². The molecule has 0 fully saturated rings. The van der Waals surface area contributed by atoms with Crippen molar-refractivity contribution in [2.45, 2.75) is 32.7 Å². The van der Waals surface area contributed by atoms with Gasteiger partial charge in [0.15, 0.2) is 11.5 Å². The van der Waals surface area contributed by atoms with Crippen molar-refractivity contribution in [3.8, 4) is 11.5 Å². The van der Waals surface area contributed by atoms with Crippen molar-refractivity contribution in [1.29, 1.82) is 0 Å². The molecule has 0 bridgehead atoms. The van der Waals surface area contributed by atoms with Crippen LogP contribution in [0.4, 0.5) is 0 Å². The van der Waals surface area contributed by atoms with Gasteiger partial charge < -0.3 is 19.1 Å². The van der Waals surface area contributed by atoms with Crippen LogP contribution in [0.1, 0.15) is 23.9 Å². The molecule has 1 aliphatic heterocycles. The SMILES string of the molecule is CC(O)CN(Cc1ccc2c(c1)OCO2)Cc1nc2ccccc2n1Cc1ccccc1. The largest absolute Gasteiger partial charge is 0.454 e. The third-order valence-corrected chi connectivity index (χ3v) is 5.65. The summed E-state index contributed by atoms with van der Waals surface area (Å²) in [5, 5.41) is 10.2. The summed E-state index contributed by atoms with van der Waals surface area (Å²) in [6.07, 6.45) is -0.448. The van der Waals surface area contributed by atoms with Crippen molar-refractivity contribution < 1.29 is 14.6 Å². The van der Waals surface area contributed by atoms with Crippen LogP contribution < -0.4 is 9.47 Å². The summed E-state index contributed by atoms with van der Waals surface area (Å²) in [5.74, 6) is 2.53. The Labute approximate surface area is 187 Å². The van der Waals surface area contributed by atoms with Crippen LogP contribution in [-0.2, 0) is 19.6 Å². The van der Waals surface area contributed by atoms with Crippen LogP contribution in [0, 0.1) is 0 Å². The van der Waals surface area contributed by atoms with E-state index in [1.54, 1.807) is 0 Å². The number of rotatable bonds is 8. The number of imidazole rings is 1. The molecule has 2 heterocycles. The second-order valence-corrected chi connectivity index (χ2v) is 8.29. The van der Waals surface area contributed by atoms with Gasteiger partial charge in [0.05, 0.1) is 23.7 Å². The minimum atomic E-state index is -0.448. The summed E-state index contributed by atoms with van der Waals surface area (Å²) in [6.45, 7) is 4.68. The maximum Gasteiger partial charge on any atom is 0.231 e. The lowest BCUT2D eigenvalue weighted by Crippen LogP contribution is -2.31. The third kappa shape index (κ3) is 4.47. The minimum absolute atomic E-state index is 0.264. The summed E-state index contributed by atoms with van der Waals surface area (Å²) >= 11 is 0. The van der Waals surface area contributed by atoms with Crippen LogP contribution in [0.5, 0.6) is 11.5 Å². The Morgan fingerprint density at radius 2 is 1.72 bits per heavy atom. The van der Waals surface area contributed by atoms with E-state index in [0.29, 0.717) is 19.6 Å². The Balaban J connectivity index is 1.45. The van der Waals surface area contributed by atoms with E-state index in [1.807, 2.05) is 31.2 Å². The summed E-state index contributed by atoms with van der Waals surface area (Å²) in [7, 11) is 0. The molecule has 3 aromatic carbocycles. The van der Waals surface area contributed by atoms with Crippen LogP contribution in [0.3, 0.4) is 0 Å². The molecule has 164 valence electrons. The van der Waals surface area contributed by atoms with E-state index in [9.17, 15) is 5.11 Å². The molecule has 4 aromatic rings. The molecule has 1 aliphatic rings. The highest BCUT2D eigenvalue weighted by atomic mass is 16.7. The van der Waals surface area contributed by atoms with Crippen molar-refractivity contribution in [3.05, 3.63) is 89.7 Å². The molecule has 6 heteroatoms. The number of nitrogens with zero attached hydrogens (tertiary/aromatic N) is 3. The van der Waals surface area contributed by atoms with Gasteiger partial charge in [0, 0.05) is 19.6 Å². The molecule has 0 saturated heterocycles. The van der Waals surface area contributed by atoms with Crippen molar-refractivity contribution in [1.82, 2.24) is 14.5 Å². The lowest BCUT2D eigenvalue weighted by atomic mass is 10.1. The summed E-state index contributed by atoms with van der Waals surface area (Å²) in [5.41, 5.74) is 4.44. The maximum atomic E-state index is 10.2. The van der Waals surface area contributed by atoms with Gasteiger partial charge in [0.1, 0.15) is 5.82 Å². The second-order valence-electron chi connectivity index (χ2n) is 8.29. The Kier molecular flexibility index (Phi) is 5.79. The van der Waals surface area contributed by atoms with Gasteiger partial charge >= 0.3 is 0 Å². The molecule has 0 saturated carbocycles. The van der Waals surface area contributed by atoms with Crippen molar-refractivity contribution in [2.24, 2.45) is 0 Å². The van der Waals surface area contributed by atoms with Gasteiger partial charge in [-0.3, -0.25) is 4.90 Å². The van der Waals surface area contributed by atoms with E-state index in [1.165, 1.54) is 5.56 Å². The number of aliphatic hydroxyl groups excluding tert-OH is 1. The predicted octanol–water partition coefficient (Wildman–Crippen LogP) is 4.20. The molecule has 5 rings (SSSR count). The average molecular weight is 430 g/mol. The fraction of sp³-hybridized carbons (Fsp3) is 0.269. The van der Waals surface area contributed by atoms with Crippen molar-refractivity contribution in [2.75, 3.05) is 13.3 Å². The molecule has 1 unspecified atom stereocenters. The van der Waals surface area contributed by atoms with Crippen LogP contribution in [0.15, 0.2) is 72.8 Å². The number of aromatic nitrogens is 2.